The molecule has 1 saturated carbocycles. The van der Waals surface area contributed by atoms with E-state index in [9.17, 15) is 5.11 Å². The Morgan fingerprint density at radius 1 is 1.09 bits per heavy atom. The SMILES string of the molecule is OC1C2CC1c1ccccc12. The normalized spacial score (nSPS) is 38.1. The van der Waals surface area contributed by atoms with Gasteiger partial charge in [0.2, 0.25) is 0 Å². The summed E-state index contributed by atoms with van der Waals surface area (Å²) in [6.45, 7) is 0. The molecule has 3 aliphatic carbocycles. The molecule has 4 rings (SSSR count). The standard InChI is InChI=1S/C10H10O/c11-10-8-5-9(10)7-4-2-1-3-6(7)8/h1-4,8-11H,5H2. The van der Waals surface area contributed by atoms with Crippen LogP contribution in [0.5, 0.6) is 0 Å². The number of benzene rings is 1. The third-order valence-corrected chi connectivity index (χ3v) is 3.13. The van der Waals surface area contributed by atoms with Crippen LogP contribution < -0.4 is 0 Å². The summed E-state index contributed by atoms with van der Waals surface area (Å²) in [7, 11) is 0. The summed E-state index contributed by atoms with van der Waals surface area (Å²) in [4.78, 5) is 0. The van der Waals surface area contributed by atoms with E-state index >= 15 is 0 Å². The van der Waals surface area contributed by atoms with Gasteiger partial charge in [0.25, 0.3) is 0 Å². The van der Waals surface area contributed by atoms with Gasteiger partial charge in [0, 0.05) is 11.8 Å². The van der Waals surface area contributed by atoms with Gasteiger partial charge in [-0.1, -0.05) is 24.3 Å². The molecule has 1 aromatic rings. The Bertz CT molecular complexity index is 276. The Hall–Kier alpha value is -0.820. The predicted molar refractivity (Wildman–Crippen MR) is 42.5 cm³/mol. The molecular weight excluding hydrogens is 136 g/mol. The van der Waals surface area contributed by atoms with E-state index in [1.807, 2.05) is 0 Å². The van der Waals surface area contributed by atoms with Crippen molar-refractivity contribution in [3.63, 3.8) is 0 Å². The van der Waals surface area contributed by atoms with Gasteiger partial charge in [-0.3, -0.25) is 0 Å². The molecule has 1 aromatic carbocycles. The number of hydrogen-bond donors (Lipinski definition) is 1. The molecule has 1 N–H and O–H groups in total. The van der Waals surface area contributed by atoms with Gasteiger partial charge in [0.05, 0.1) is 6.10 Å². The number of aliphatic hydroxyl groups excluding tert-OH is 1. The lowest BCUT2D eigenvalue weighted by Gasteiger charge is -2.31. The topological polar surface area (TPSA) is 20.2 Å². The lowest BCUT2D eigenvalue weighted by Crippen LogP contribution is -2.29. The van der Waals surface area contributed by atoms with Crippen molar-refractivity contribution in [3.8, 4) is 0 Å². The average Bonchev–Trinajstić information content (AvgIpc) is 2.54. The summed E-state index contributed by atoms with van der Waals surface area (Å²) in [5, 5.41) is 9.57. The van der Waals surface area contributed by atoms with Gasteiger partial charge in [-0.05, 0) is 17.5 Å². The first-order chi connectivity index (χ1) is 5.38. The maximum absolute atomic E-state index is 9.57. The molecule has 0 amide bonds. The fraction of sp³-hybridized carbons (Fsp3) is 0.400. The molecule has 1 heteroatoms. The van der Waals surface area contributed by atoms with Crippen molar-refractivity contribution in [1.82, 2.24) is 0 Å². The summed E-state index contributed by atoms with van der Waals surface area (Å²) in [5.74, 6) is 0.937. The van der Waals surface area contributed by atoms with Gasteiger partial charge < -0.3 is 5.11 Å². The maximum atomic E-state index is 9.57. The molecule has 1 nitrogen and oxygen atoms in total. The Balaban J connectivity index is 2.22. The number of aliphatic hydroxyl groups is 1. The smallest absolute Gasteiger partial charge is 0.0677 e. The lowest BCUT2D eigenvalue weighted by atomic mass is 9.78. The molecular formula is C10H10O. The summed E-state index contributed by atoms with van der Waals surface area (Å²) in [6.07, 6.45) is 1.12. The van der Waals surface area contributed by atoms with E-state index in [1.165, 1.54) is 17.5 Å². The second-order valence-electron chi connectivity index (χ2n) is 3.57. The van der Waals surface area contributed by atoms with Crippen molar-refractivity contribution in [2.24, 2.45) is 0 Å². The van der Waals surface area contributed by atoms with E-state index in [-0.39, 0.29) is 6.10 Å². The van der Waals surface area contributed by atoms with Crippen LogP contribution >= 0.6 is 0 Å². The molecule has 0 heterocycles. The fourth-order valence-corrected chi connectivity index (χ4v) is 2.45. The quantitative estimate of drug-likeness (QED) is 0.589. The Labute approximate surface area is 65.7 Å². The Morgan fingerprint density at radius 2 is 1.64 bits per heavy atom. The Morgan fingerprint density at radius 3 is 2.09 bits per heavy atom. The molecule has 2 unspecified atom stereocenters. The predicted octanol–water partition coefficient (Wildman–Crippen LogP) is 1.63. The van der Waals surface area contributed by atoms with Gasteiger partial charge in [-0.15, -0.1) is 0 Å². The van der Waals surface area contributed by atoms with Crippen molar-refractivity contribution in [3.05, 3.63) is 35.4 Å². The van der Waals surface area contributed by atoms with E-state index in [0.29, 0.717) is 11.8 Å². The monoisotopic (exact) mass is 146 g/mol. The first-order valence-corrected chi connectivity index (χ1v) is 4.15. The van der Waals surface area contributed by atoms with E-state index in [2.05, 4.69) is 24.3 Å². The Kier molecular flexibility index (Phi) is 0.878. The molecule has 2 bridgehead atoms. The highest BCUT2D eigenvalue weighted by molar-refractivity contribution is 5.46. The minimum absolute atomic E-state index is 0.0626. The van der Waals surface area contributed by atoms with Crippen LogP contribution in [0, 0.1) is 0 Å². The fourth-order valence-electron chi connectivity index (χ4n) is 2.45. The average molecular weight is 146 g/mol. The summed E-state index contributed by atoms with van der Waals surface area (Å²) < 4.78 is 0. The zero-order chi connectivity index (χ0) is 7.42. The molecule has 0 aliphatic heterocycles. The van der Waals surface area contributed by atoms with Crippen molar-refractivity contribution in [2.45, 2.75) is 24.4 Å². The minimum atomic E-state index is -0.0626. The van der Waals surface area contributed by atoms with Crippen molar-refractivity contribution in [2.75, 3.05) is 0 Å². The number of hydrogen-bond acceptors (Lipinski definition) is 1. The van der Waals surface area contributed by atoms with Crippen LogP contribution in [0.4, 0.5) is 0 Å². The van der Waals surface area contributed by atoms with E-state index in [4.69, 9.17) is 0 Å². The van der Waals surface area contributed by atoms with Gasteiger partial charge >= 0.3 is 0 Å². The maximum Gasteiger partial charge on any atom is 0.0677 e. The second kappa shape index (κ2) is 1.67. The second-order valence-corrected chi connectivity index (χ2v) is 3.57. The molecule has 2 atom stereocenters. The molecule has 3 aliphatic rings. The third kappa shape index (κ3) is 0.520. The highest BCUT2D eigenvalue weighted by Crippen LogP contribution is 2.57. The van der Waals surface area contributed by atoms with Crippen molar-refractivity contribution >= 4 is 0 Å². The summed E-state index contributed by atoms with van der Waals surface area (Å²) in [6, 6.07) is 8.42. The van der Waals surface area contributed by atoms with Crippen LogP contribution in [0.1, 0.15) is 29.4 Å². The van der Waals surface area contributed by atoms with Crippen LogP contribution in [0.15, 0.2) is 24.3 Å². The molecule has 0 spiro atoms. The van der Waals surface area contributed by atoms with Gasteiger partial charge in [-0.2, -0.15) is 0 Å². The largest absolute Gasteiger partial charge is 0.392 e. The van der Waals surface area contributed by atoms with E-state index in [1.54, 1.807) is 0 Å². The van der Waals surface area contributed by atoms with E-state index < -0.39 is 0 Å². The van der Waals surface area contributed by atoms with Crippen molar-refractivity contribution < 1.29 is 5.11 Å². The highest BCUT2D eigenvalue weighted by atomic mass is 16.3. The van der Waals surface area contributed by atoms with Crippen LogP contribution in [0.3, 0.4) is 0 Å². The third-order valence-electron chi connectivity index (χ3n) is 3.13. The molecule has 1 fully saturated rings. The van der Waals surface area contributed by atoms with Gasteiger partial charge in [0.15, 0.2) is 0 Å². The zero-order valence-electron chi connectivity index (χ0n) is 6.20. The first-order valence-electron chi connectivity index (χ1n) is 4.15. The van der Waals surface area contributed by atoms with Crippen LogP contribution in [0.2, 0.25) is 0 Å². The molecule has 56 valence electrons. The first kappa shape index (κ1) is 5.78. The van der Waals surface area contributed by atoms with Crippen LogP contribution in [0.25, 0.3) is 0 Å². The van der Waals surface area contributed by atoms with Crippen LogP contribution in [-0.2, 0) is 0 Å². The lowest BCUT2D eigenvalue weighted by molar-refractivity contribution is 0.0582. The van der Waals surface area contributed by atoms with Crippen molar-refractivity contribution in [1.29, 1.82) is 0 Å². The summed E-state index contributed by atoms with van der Waals surface area (Å²) in [5.41, 5.74) is 2.79. The molecule has 11 heavy (non-hydrogen) atoms. The molecule has 0 aromatic heterocycles. The van der Waals surface area contributed by atoms with E-state index in [0.717, 1.165) is 0 Å². The van der Waals surface area contributed by atoms with Crippen LogP contribution in [-0.4, -0.2) is 11.2 Å². The molecule has 0 radical (unpaired) electrons. The van der Waals surface area contributed by atoms with Gasteiger partial charge in [-0.25, -0.2) is 0 Å². The summed E-state index contributed by atoms with van der Waals surface area (Å²) >= 11 is 0. The minimum Gasteiger partial charge on any atom is -0.392 e. The number of rotatable bonds is 0. The zero-order valence-corrected chi connectivity index (χ0v) is 6.20. The highest BCUT2D eigenvalue weighted by Gasteiger charge is 2.49. The van der Waals surface area contributed by atoms with Gasteiger partial charge in [0.1, 0.15) is 0 Å². The molecule has 0 saturated heterocycles.